The average molecular weight is 420 g/mol. The normalized spacial score (nSPS) is 19.7. The fourth-order valence-electron chi connectivity index (χ4n) is 2.07. The fraction of sp³-hybridized carbons (Fsp3) is 0.364. The molecule has 2 rings (SSSR count). The van der Waals surface area contributed by atoms with E-state index in [9.17, 15) is 26.6 Å². The van der Waals surface area contributed by atoms with Crippen molar-refractivity contribution < 1.29 is 35.4 Å². The Morgan fingerprint density at radius 1 is 1.17 bits per heavy atom. The summed E-state index contributed by atoms with van der Waals surface area (Å²) < 4.78 is 69.3. The largest absolute Gasteiger partial charge is 0.624 e. The molecule has 0 amide bonds. The second-order valence-corrected chi connectivity index (χ2v) is 8.41. The second kappa shape index (κ2) is 6.75. The predicted molar refractivity (Wildman–Crippen MR) is 84.1 cm³/mol. The highest BCUT2D eigenvalue weighted by molar-refractivity contribution is 7.86. The Morgan fingerprint density at radius 2 is 1.75 bits per heavy atom. The van der Waals surface area contributed by atoms with Crippen molar-refractivity contribution in [3.8, 4) is 0 Å². The number of halogens is 2. The van der Waals surface area contributed by atoms with Gasteiger partial charge < -0.3 is 9.94 Å². The van der Waals surface area contributed by atoms with Gasteiger partial charge in [-0.15, -0.1) is 0 Å². The molecule has 134 valence electrons. The first kappa shape index (κ1) is 19.4. The van der Waals surface area contributed by atoms with Crippen molar-refractivity contribution in [1.82, 2.24) is 0 Å². The van der Waals surface area contributed by atoms with Crippen molar-refractivity contribution in [2.75, 3.05) is 13.2 Å². The fourth-order valence-corrected chi connectivity index (χ4v) is 4.25. The molecule has 0 bridgehead atoms. The molecule has 9 nitrogen and oxygen atoms in total. The van der Waals surface area contributed by atoms with Gasteiger partial charge in [-0.3, -0.25) is 9.11 Å². The van der Waals surface area contributed by atoms with Crippen LogP contribution in [0.15, 0.2) is 15.9 Å². The molecule has 1 atom stereocenters. The third-order valence-electron chi connectivity index (χ3n) is 3.25. The van der Waals surface area contributed by atoms with Gasteiger partial charge in [-0.05, 0) is 6.07 Å². The maximum absolute atomic E-state index is 12.1. The van der Waals surface area contributed by atoms with Gasteiger partial charge in [-0.2, -0.15) is 16.8 Å². The summed E-state index contributed by atoms with van der Waals surface area (Å²) in [6, 6.07) is -0.181. The van der Waals surface area contributed by atoms with Gasteiger partial charge in [0.05, 0.1) is 22.2 Å². The zero-order chi connectivity index (χ0) is 18.3. The molecular weight excluding hydrogens is 409 g/mol. The van der Waals surface area contributed by atoms with Gasteiger partial charge >= 0.3 is 0 Å². The number of benzene rings is 1. The molecule has 0 aromatic heterocycles. The Labute approximate surface area is 147 Å². The molecule has 1 aliphatic heterocycles. The molecule has 0 aliphatic carbocycles. The van der Waals surface area contributed by atoms with E-state index >= 15 is 0 Å². The first-order valence-electron chi connectivity index (χ1n) is 6.28. The molecule has 1 aliphatic rings. The van der Waals surface area contributed by atoms with Gasteiger partial charge in [0.25, 0.3) is 20.2 Å². The van der Waals surface area contributed by atoms with Crippen molar-refractivity contribution in [1.29, 1.82) is 0 Å². The molecular formula is C11H11Cl2NO8S2. The quantitative estimate of drug-likeness (QED) is 0.243. The molecule has 0 radical (unpaired) electrons. The average Bonchev–Trinajstić information content (AvgIpc) is 2.95. The zero-order valence-electron chi connectivity index (χ0n) is 11.7. The summed E-state index contributed by atoms with van der Waals surface area (Å²) >= 11 is 11.6. The summed E-state index contributed by atoms with van der Waals surface area (Å²) in [6.45, 7) is 0.453. The third-order valence-corrected chi connectivity index (χ3v) is 6.02. The maximum Gasteiger partial charge on any atom is 0.296 e. The maximum atomic E-state index is 12.1. The van der Waals surface area contributed by atoms with Crippen molar-refractivity contribution >= 4 is 49.7 Å². The van der Waals surface area contributed by atoms with Gasteiger partial charge in [-0.25, -0.2) is 4.74 Å². The van der Waals surface area contributed by atoms with Crippen LogP contribution in [0.25, 0.3) is 0 Å². The Morgan fingerprint density at radius 3 is 2.21 bits per heavy atom. The number of ether oxygens (including phenoxy) is 1. The van der Waals surface area contributed by atoms with Crippen LogP contribution in [0, 0.1) is 5.21 Å². The lowest BCUT2D eigenvalue weighted by molar-refractivity contribution is -0.493. The number of rotatable bonds is 4. The van der Waals surface area contributed by atoms with Crippen molar-refractivity contribution in [3.63, 3.8) is 0 Å². The minimum absolute atomic E-state index is 0.107. The SMILES string of the molecule is O=S(=O)(O)c1cc(S(=O)(=O)O)c(C=[N+]([O-])C2CCOC2)c(Cl)c1Cl. The summed E-state index contributed by atoms with van der Waals surface area (Å²) in [4.78, 5) is -2.00. The van der Waals surface area contributed by atoms with Gasteiger partial charge in [0, 0.05) is 6.42 Å². The molecule has 1 fully saturated rings. The van der Waals surface area contributed by atoms with Crippen LogP contribution in [0.1, 0.15) is 12.0 Å². The smallest absolute Gasteiger partial charge is 0.296 e. The van der Waals surface area contributed by atoms with E-state index < -0.39 is 51.7 Å². The Kier molecular flexibility index (Phi) is 5.45. The van der Waals surface area contributed by atoms with E-state index in [2.05, 4.69) is 0 Å². The molecule has 24 heavy (non-hydrogen) atoms. The van der Waals surface area contributed by atoms with Crippen LogP contribution in [-0.2, 0) is 25.0 Å². The second-order valence-electron chi connectivity index (χ2n) is 4.87. The van der Waals surface area contributed by atoms with Crippen LogP contribution in [0.4, 0.5) is 0 Å². The summed E-state index contributed by atoms with van der Waals surface area (Å²) in [5, 5.41) is 10.8. The number of nitrogens with zero attached hydrogens (tertiary/aromatic N) is 1. The third kappa shape index (κ3) is 3.99. The van der Waals surface area contributed by atoms with Crippen LogP contribution in [0.3, 0.4) is 0 Å². The molecule has 1 saturated heterocycles. The number of hydrogen-bond acceptors (Lipinski definition) is 6. The first-order valence-corrected chi connectivity index (χ1v) is 9.91. The van der Waals surface area contributed by atoms with Crippen LogP contribution in [0.2, 0.25) is 10.0 Å². The van der Waals surface area contributed by atoms with E-state index in [0.717, 1.165) is 6.21 Å². The molecule has 2 N–H and O–H groups in total. The minimum atomic E-state index is -4.97. The molecule has 0 saturated carbocycles. The van der Waals surface area contributed by atoms with Crippen LogP contribution in [0.5, 0.6) is 0 Å². The Balaban J connectivity index is 2.75. The minimum Gasteiger partial charge on any atom is -0.624 e. The van der Waals surface area contributed by atoms with E-state index in [0.29, 0.717) is 23.8 Å². The lowest BCUT2D eigenvalue weighted by Crippen LogP contribution is -2.23. The van der Waals surface area contributed by atoms with E-state index in [1.807, 2.05) is 0 Å². The standard InChI is InChI=1S/C11H11Cl2NO8S2/c12-10-7(4-14(15)6-1-2-22-5-6)8(23(16,17)18)3-9(11(10)13)24(19,20)21/h3-4,6H,1-2,5H2,(H,16,17,18)(H,19,20,21). The van der Waals surface area contributed by atoms with Gasteiger partial charge in [0.1, 0.15) is 16.4 Å². The highest BCUT2D eigenvalue weighted by atomic mass is 35.5. The van der Waals surface area contributed by atoms with Crippen molar-refractivity contribution in [3.05, 3.63) is 26.9 Å². The number of hydroxylamine groups is 1. The van der Waals surface area contributed by atoms with E-state index in [-0.39, 0.29) is 6.61 Å². The molecule has 0 spiro atoms. The lowest BCUT2D eigenvalue weighted by Gasteiger charge is -2.13. The van der Waals surface area contributed by atoms with Gasteiger partial charge in [0.2, 0.25) is 0 Å². The lowest BCUT2D eigenvalue weighted by atomic mass is 10.2. The summed E-state index contributed by atoms with van der Waals surface area (Å²) in [5.74, 6) is 0. The Hall–Kier alpha value is -0.950. The number of hydrogen-bond donors (Lipinski definition) is 2. The molecule has 1 unspecified atom stereocenters. The van der Waals surface area contributed by atoms with Gasteiger partial charge in [0.15, 0.2) is 12.3 Å². The topological polar surface area (TPSA) is 144 Å². The summed E-state index contributed by atoms with van der Waals surface area (Å²) in [5.41, 5.74) is -0.501. The summed E-state index contributed by atoms with van der Waals surface area (Å²) in [7, 11) is -9.89. The highest BCUT2D eigenvalue weighted by Gasteiger charge is 2.30. The van der Waals surface area contributed by atoms with Crippen LogP contribution in [-0.4, -0.2) is 56.2 Å². The highest BCUT2D eigenvalue weighted by Crippen LogP contribution is 2.36. The van der Waals surface area contributed by atoms with Crippen LogP contribution >= 0.6 is 23.2 Å². The predicted octanol–water partition coefficient (Wildman–Crippen LogP) is 1.20. The molecule has 1 aromatic rings. The van der Waals surface area contributed by atoms with E-state index in [1.165, 1.54) is 0 Å². The van der Waals surface area contributed by atoms with Gasteiger partial charge in [-0.1, -0.05) is 23.2 Å². The molecule has 1 aromatic carbocycles. The van der Waals surface area contributed by atoms with E-state index in [1.54, 1.807) is 0 Å². The monoisotopic (exact) mass is 419 g/mol. The zero-order valence-corrected chi connectivity index (χ0v) is 14.9. The Bertz CT molecular complexity index is 904. The van der Waals surface area contributed by atoms with Crippen molar-refractivity contribution in [2.24, 2.45) is 0 Å². The van der Waals surface area contributed by atoms with E-state index in [4.69, 9.17) is 32.5 Å². The summed E-state index contributed by atoms with van der Waals surface area (Å²) in [6.07, 6.45) is 1.15. The first-order chi connectivity index (χ1) is 10.9. The molecule has 1 heterocycles. The van der Waals surface area contributed by atoms with Crippen molar-refractivity contribution in [2.45, 2.75) is 22.3 Å². The van der Waals surface area contributed by atoms with Crippen LogP contribution < -0.4 is 0 Å². The molecule has 13 heteroatoms.